The van der Waals surface area contributed by atoms with Crippen molar-refractivity contribution in [2.45, 2.75) is 24.5 Å². The third-order valence-electron chi connectivity index (χ3n) is 2.91. The highest BCUT2D eigenvalue weighted by molar-refractivity contribution is 7.39. The highest BCUT2D eigenvalue weighted by Gasteiger charge is 2.43. The number of hydrogen-bond acceptors (Lipinski definition) is 14. The maximum Gasteiger partial charge on any atom is 0.481 e. The third-order valence-corrected chi connectivity index (χ3v) is 3.97. The summed E-state index contributed by atoms with van der Waals surface area (Å²) in [7, 11) is -6.47. The minimum absolute atomic E-state index is 0. The topological polar surface area (TPSA) is 444 Å². The Balaban J connectivity index is -0.0000000746. The van der Waals surface area contributed by atoms with Gasteiger partial charge in [0, 0.05) is 12.7 Å². The second-order valence-corrected chi connectivity index (χ2v) is 6.36. The summed E-state index contributed by atoms with van der Waals surface area (Å²) in [6.07, 6.45) is -3.27. The predicted molar refractivity (Wildman–Crippen MR) is 111 cm³/mol. The van der Waals surface area contributed by atoms with Crippen molar-refractivity contribution in [3.05, 3.63) is 22.7 Å². The van der Waals surface area contributed by atoms with Gasteiger partial charge in [-0.05, 0) is 6.07 Å². The lowest BCUT2D eigenvalue weighted by Crippen LogP contribution is -2.36. The molecule has 21 nitrogen and oxygen atoms in total. The van der Waals surface area contributed by atoms with Crippen molar-refractivity contribution in [2.75, 3.05) is 25.5 Å². The van der Waals surface area contributed by atoms with Crippen LogP contribution in [0.15, 0.2) is 17.1 Å². The molecule has 1 aromatic heterocycles. The Hall–Kier alpha value is -2.04. The molecule has 0 spiro atoms. The maximum atomic E-state index is 11.5. The number of aromatic nitrogens is 2. The number of hydrogen-bond donors (Lipinski definition) is 6. The zero-order valence-electron chi connectivity index (χ0n) is 17.2. The lowest BCUT2D eigenvalue weighted by Gasteiger charge is -2.16. The van der Waals surface area contributed by atoms with Gasteiger partial charge in [-0.15, -0.1) is 0 Å². The number of aliphatic hydroxyl groups is 4. The molecule has 1 saturated heterocycles. The van der Waals surface area contributed by atoms with Crippen LogP contribution in [-0.2, 0) is 27.3 Å². The maximum absolute atomic E-state index is 11.5. The summed E-state index contributed by atoms with van der Waals surface area (Å²) in [6.45, 7) is 0.0197. The van der Waals surface area contributed by atoms with Gasteiger partial charge in [-0.25, -0.2) is 23.1 Å². The van der Waals surface area contributed by atoms with Gasteiger partial charge in [-0.2, -0.15) is 9.29 Å². The summed E-state index contributed by atoms with van der Waals surface area (Å²) < 4.78 is 46.3. The van der Waals surface area contributed by atoms with Crippen molar-refractivity contribution in [3.63, 3.8) is 0 Å². The quantitative estimate of drug-likeness (QED) is 0.184. The zero-order valence-corrected chi connectivity index (χ0v) is 19.0. The van der Waals surface area contributed by atoms with E-state index in [0.717, 1.165) is 4.57 Å². The van der Waals surface area contributed by atoms with E-state index in [-0.39, 0.29) is 45.3 Å². The molecule has 20 N–H and O–H groups in total. The lowest BCUT2D eigenvalue weighted by atomic mass is 10.1. The Labute approximate surface area is 191 Å². The molecule has 2 heterocycles. The number of aliphatic hydroxyl groups excluding tert-OH is 4. The van der Waals surface area contributed by atoms with Crippen molar-refractivity contribution >= 4 is 21.6 Å². The number of nitrogens with two attached hydrogens (primary N) is 2. The molecule has 0 amide bonds. The fraction of sp³-hybridized carbons (Fsp3) is 0.636. The normalized spacial score (nSPS) is 19.0. The van der Waals surface area contributed by atoms with Gasteiger partial charge in [-0.3, -0.25) is 4.57 Å². The van der Waals surface area contributed by atoms with E-state index in [1.54, 1.807) is 0 Å². The van der Waals surface area contributed by atoms with E-state index in [9.17, 15) is 33.3 Å². The number of nitrogens with zero attached hydrogens (tertiary/aromatic N) is 2. The number of anilines is 1. The summed E-state index contributed by atoms with van der Waals surface area (Å²) in [5.41, 5.74) is 9.41. The highest BCUT2D eigenvalue weighted by Crippen LogP contribution is 2.27. The SMILES string of the molecule is NCCO.Nc1ccn(C2O[C@H](CO)[C@@H](O)[C@H]2O)c(=O)n1.O.O.O.O.O.O.O=P(=O)OP(=O)=O. The Morgan fingerprint density at radius 2 is 1.44 bits per heavy atom. The van der Waals surface area contributed by atoms with Crippen molar-refractivity contribution in [1.29, 1.82) is 0 Å². The first-order chi connectivity index (χ1) is 13.1. The molecule has 1 unspecified atom stereocenters. The average Bonchev–Trinajstić information content (AvgIpc) is 2.89. The van der Waals surface area contributed by atoms with Gasteiger partial charge in [0.25, 0.3) is 0 Å². The molecule has 1 aliphatic rings. The highest BCUT2D eigenvalue weighted by atomic mass is 31.2. The van der Waals surface area contributed by atoms with Crippen LogP contribution in [-0.4, -0.2) is 101 Å². The Kier molecular flexibility index (Phi) is 37.0. The van der Waals surface area contributed by atoms with Gasteiger partial charge in [0.1, 0.15) is 24.1 Å². The number of ether oxygens (including phenoxy) is 1. The van der Waals surface area contributed by atoms with Crippen LogP contribution in [0.2, 0.25) is 0 Å². The summed E-state index contributed by atoms with van der Waals surface area (Å²) >= 11 is 0. The lowest BCUT2D eigenvalue weighted by molar-refractivity contribution is -0.0549. The molecule has 2 rings (SSSR count). The van der Waals surface area contributed by atoms with Crippen molar-refractivity contribution in [2.24, 2.45) is 5.73 Å². The van der Waals surface area contributed by atoms with Crippen molar-refractivity contribution in [3.8, 4) is 0 Å². The standard InChI is InChI=1S/C9H13N3O5.C2H7NO.O5P2.6H2O/c10-5-1-2-12(9(16)11-5)8-7(15)6(14)4(3-13)17-8;3-1-2-4;1-6(2)5-7(3)4;;;;;;/h1-2,4,6-8,13-15H,3H2,(H2,10,11,16);4H,1-3H2;;6*1H2/t4-,6-,7-,8?;;;;;;;;/m1......../s1. The molecule has 0 aromatic carbocycles. The molecule has 1 aliphatic heterocycles. The van der Waals surface area contributed by atoms with Crippen LogP contribution in [0.4, 0.5) is 5.82 Å². The van der Waals surface area contributed by atoms with E-state index in [1.807, 2.05) is 0 Å². The summed E-state index contributed by atoms with van der Waals surface area (Å²) in [5.74, 6) is 0.0537. The molecule has 0 saturated carbocycles. The second kappa shape index (κ2) is 25.6. The van der Waals surface area contributed by atoms with Crippen LogP contribution in [0.1, 0.15) is 6.23 Å². The monoisotopic (exact) mass is 554 g/mol. The largest absolute Gasteiger partial charge is 0.481 e. The summed E-state index contributed by atoms with van der Waals surface area (Å²) in [5, 5.41) is 35.9. The van der Waals surface area contributed by atoms with E-state index in [2.05, 4.69) is 9.29 Å². The van der Waals surface area contributed by atoms with Gasteiger partial charge in [-0.1, -0.05) is 0 Å². The Morgan fingerprint density at radius 3 is 1.71 bits per heavy atom. The van der Waals surface area contributed by atoms with Crippen LogP contribution in [0, 0.1) is 0 Å². The van der Waals surface area contributed by atoms with Gasteiger partial charge in [0.05, 0.1) is 13.2 Å². The van der Waals surface area contributed by atoms with Crippen LogP contribution in [0.3, 0.4) is 0 Å². The fourth-order valence-corrected chi connectivity index (χ4v) is 2.22. The fourth-order valence-electron chi connectivity index (χ4n) is 1.78. The van der Waals surface area contributed by atoms with Crippen molar-refractivity contribution < 1.29 is 80.6 Å². The first kappa shape index (κ1) is 49.2. The van der Waals surface area contributed by atoms with Gasteiger partial charge >= 0.3 is 21.5 Å². The molecule has 0 aliphatic carbocycles. The molecule has 1 aromatic rings. The molecule has 23 heteroatoms. The minimum Gasteiger partial charge on any atom is -0.412 e. The van der Waals surface area contributed by atoms with Crippen LogP contribution < -0.4 is 17.2 Å². The van der Waals surface area contributed by atoms with E-state index < -0.39 is 52.7 Å². The first-order valence-corrected chi connectivity index (χ1v) is 9.53. The predicted octanol–water partition coefficient (Wildman–Crippen LogP) is -7.39. The molecule has 208 valence electrons. The zero-order chi connectivity index (χ0) is 21.9. The average molecular weight is 554 g/mol. The van der Waals surface area contributed by atoms with E-state index in [0.29, 0.717) is 6.54 Å². The van der Waals surface area contributed by atoms with Crippen LogP contribution in [0.25, 0.3) is 0 Å². The summed E-state index contributed by atoms with van der Waals surface area (Å²) in [4.78, 5) is 15.0. The van der Waals surface area contributed by atoms with E-state index in [1.165, 1.54) is 12.3 Å². The second-order valence-electron chi connectivity index (χ2n) is 4.81. The molecular weight excluding hydrogens is 522 g/mol. The van der Waals surface area contributed by atoms with Gasteiger partial charge in [0.2, 0.25) is 0 Å². The molecule has 4 atom stereocenters. The molecular formula is C11H32N4O17P2. The van der Waals surface area contributed by atoms with Crippen LogP contribution in [0.5, 0.6) is 0 Å². The van der Waals surface area contributed by atoms with E-state index in [4.69, 9.17) is 26.4 Å². The first-order valence-electron chi connectivity index (χ1n) is 7.33. The van der Waals surface area contributed by atoms with Gasteiger partial charge < -0.3 is 69.5 Å². The smallest absolute Gasteiger partial charge is 0.412 e. The third kappa shape index (κ3) is 17.4. The van der Waals surface area contributed by atoms with Crippen molar-refractivity contribution in [1.82, 2.24) is 9.55 Å². The minimum atomic E-state index is -3.24. The van der Waals surface area contributed by atoms with Crippen LogP contribution >= 0.6 is 15.8 Å². The molecule has 34 heavy (non-hydrogen) atoms. The molecule has 0 radical (unpaired) electrons. The number of nitrogen functional groups attached to an aromatic ring is 1. The molecule has 1 fully saturated rings. The summed E-state index contributed by atoms with van der Waals surface area (Å²) in [6, 6.07) is 1.37. The molecule has 0 bridgehead atoms. The Bertz CT molecular complexity index is 766. The Morgan fingerprint density at radius 1 is 1.00 bits per heavy atom. The number of rotatable bonds is 5. The van der Waals surface area contributed by atoms with E-state index >= 15 is 0 Å². The van der Waals surface area contributed by atoms with Gasteiger partial charge in [0.15, 0.2) is 6.23 Å².